The maximum Gasteiger partial charge on any atom is 0.333 e. The molecule has 0 spiro atoms. The third kappa shape index (κ3) is 6.22. The number of carbonyl (C=O) groups excluding carboxylic acids is 2. The summed E-state index contributed by atoms with van der Waals surface area (Å²) < 4.78 is 16.3. The van der Waals surface area contributed by atoms with Crippen molar-refractivity contribution in [2.24, 2.45) is 0 Å². The summed E-state index contributed by atoms with van der Waals surface area (Å²) >= 11 is 1.41. The summed E-state index contributed by atoms with van der Waals surface area (Å²) in [7, 11) is 1.38. The Labute approximate surface area is 216 Å². The minimum atomic E-state index is -0.378. The smallest absolute Gasteiger partial charge is 0.333 e. The van der Waals surface area contributed by atoms with E-state index < -0.39 is 0 Å². The van der Waals surface area contributed by atoms with E-state index in [1.807, 2.05) is 66.1 Å². The van der Waals surface area contributed by atoms with Gasteiger partial charge in [0.25, 0.3) is 5.91 Å². The van der Waals surface area contributed by atoms with Gasteiger partial charge in [0.1, 0.15) is 12.4 Å². The zero-order chi connectivity index (χ0) is 25.3. The number of rotatable bonds is 10. The van der Waals surface area contributed by atoms with Crippen LogP contribution in [0.2, 0.25) is 0 Å². The van der Waals surface area contributed by atoms with Crippen LogP contribution in [-0.2, 0) is 14.3 Å². The monoisotopic (exact) mass is 505 g/mol. The van der Waals surface area contributed by atoms with Crippen LogP contribution in [0, 0.1) is 0 Å². The maximum atomic E-state index is 13.2. The molecule has 0 saturated carbocycles. The molecule has 0 aliphatic carbocycles. The summed E-state index contributed by atoms with van der Waals surface area (Å²) in [5.74, 6) is 0.337. The van der Waals surface area contributed by atoms with Gasteiger partial charge in [-0.05, 0) is 71.3 Å². The minimum Gasteiger partial charge on any atom is -0.491 e. The summed E-state index contributed by atoms with van der Waals surface area (Å²) in [6.45, 7) is 4.39. The van der Waals surface area contributed by atoms with Crippen LogP contribution in [0.1, 0.15) is 41.4 Å². The van der Waals surface area contributed by atoms with E-state index in [9.17, 15) is 9.59 Å². The molecule has 0 saturated heterocycles. The summed E-state index contributed by atoms with van der Waals surface area (Å²) in [5.41, 5.74) is 4.12. The molecule has 3 aromatic rings. The number of esters is 1. The second kappa shape index (κ2) is 12.5. The molecule has 1 aliphatic rings. The first kappa shape index (κ1) is 25.7. The van der Waals surface area contributed by atoms with Crippen molar-refractivity contribution in [2.45, 2.75) is 26.2 Å². The molecular weight excluding hydrogens is 474 g/mol. The average Bonchev–Trinajstić information content (AvgIpc) is 3.38. The maximum absolute atomic E-state index is 13.2. The van der Waals surface area contributed by atoms with Crippen LogP contribution < -0.4 is 9.64 Å². The average molecular weight is 506 g/mol. The van der Waals surface area contributed by atoms with Gasteiger partial charge >= 0.3 is 5.97 Å². The van der Waals surface area contributed by atoms with E-state index in [0.29, 0.717) is 36.6 Å². The Morgan fingerprint density at radius 3 is 2.53 bits per heavy atom. The molecule has 6 nitrogen and oxygen atoms in total. The summed E-state index contributed by atoms with van der Waals surface area (Å²) in [4.78, 5) is 28.0. The number of amides is 1. The first-order valence-corrected chi connectivity index (χ1v) is 13.1. The lowest BCUT2D eigenvalue weighted by molar-refractivity contribution is -0.136. The number of carbonyl (C=O) groups is 2. The summed E-state index contributed by atoms with van der Waals surface area (Å²) in [6, 6.07) is 17.5. The van der Waals surface area contributed by atoms with Crippen LogP contribution in [0.5, 0.6) is 5.75 Å². The highest BCUT2D eigenvalue weighted by Gasteiger charge is 2.25. The largest absolute Gasteiger partial charge is 0.491 e. The molecule has 188 valence electrons. The highest BCUT2D eigenvalue weighted by molar-refractivity contribution is 7.12. The van der Waals surface area contributed by atoms with Gasteiger partial charge in [0, 0.05) is 18.7 Å². The predicted molar refractivity (Wildman–Crippen MR) is 144 cm³/mol. The van der Waals surface area contributed by atoms with Crippen LogP contribution in [-0.4, -0.2) is 45.4 Å². The van der Waals surface area contributed by atoms with Crippen molar-refractivity contribution in [3.05, 3.63) is 76.0 Å². The minimum absolute atomic E-state index is 0.0707. The first-order valence-electron chi connectivity index (χ1n) is 12.2. The molecule has 0 fully saturated rings. The van der Waals surface area contributed by atoms with Gasteiger partial charge in [-0.3, -0.25) is 4.79 Å². The lowest BCUT2D eigenvalue weighted by Gasteiger charge is -2.23. The zero-order valence-corrected chi connectivity index (χ0v) is 21.5. The Morgan fingerprint density at radius 2 is 1.81 bits per heavy atom. The number of anilines is 1. The third-order valence-electron chi connectivity index (χ3n) is 6.00. The zero-order valence-electron chi connectivity index (χ0n) is 20.7. The van der Waals surface area contributed by atoms with Crippen LogP contribution >= 0.6 is 11.3 Å². The SMILES string of the molecule is CCCCOCCOc1ccc(-c2ccc3c(c2)C=C(C(=O)OC)CCN3C(=O)c2cccs2)cc1. The van der Waals surface area contributed by atoms with Crippen LogP contribution in [0.15, 0.2) is 65.6 Å². The van der Waals surface area contributed by atoms with E-state index in [1.165, 1.54) is 18.4 Å². The van der Waals surface area contributed by atoms with Crippen LogP contribution in [0.25, 0.3) is 17.2 Å². The lowest BCUT2D eigenvalue weighted by atomic mass is 10.00. The molecule has 1 aliphatic heterocycles. The molecule has 0 unspecified atom stereocenters. The molecule has 1 amide bonds. The number of thiophene rings is 1. The Balaban J connectivity index is 1.55. The summed E-state index contributed by atoms with van der Waals surface area (Å²) in [5, 5.41) is 1.89. The number of benzene rings is 2. The molecule has 0 N–H and O–H groups in total. The topological polar surface area (TPSA) is 65.1 Å². The Hall–Kier alpha value is -3.42. The highest BCUT2D eigenvalue weighted by atomic mass is 32.1. The van der Waals surface area contributed by atoms with E-state index in [4.69, 9.17) is 14.2 Å². The van der Waals surface area contributed by atoms with E-state index in [0.717, 1.165) is 47.6 Å². The number of fused-ring (bicyclic) bond motifs is 1. The molecular formula is C29H31NO5S. The molecule has 0 atom stereocenters. The van der Waals surface area contributed by atoms with Gasteiger partial charge in [-0.25, -0.2) is 4.79 Å². The van der Waals surface area contributed by atoms with Crippen molar-refractivity contribution in [2.75, 3.05) is 38.4 Å². The lowest BCUT2D eigenvalue weighted by Crippen LogP contribution is -2.31. The molecule has 2 aromatic carbocycles. The molecule has 4 rings (SSSR count). The van der Waals surface area contributed by atoms with Crippen molar-refractivity contribution in [1.29, 1.82) is 0 Å². The number of ether oxygens (including phenoxy) is 3. The molecule has 0 radical (unpaired) electrons. The number of methoxy groups -OCH3 is 1. The molecule has 0 bridgehead atoms. The fourth-order valence-corrected chi connectivity index (χ4v) is 4.73. The quantitative estimate of drug-likeness (QED) is 0.242. The number of unbranched alkanes of at least 4 members (excludes halogenated alkanes) is 1. The van der Waals surface area contributed by atoms with Gasteiger partial charge in [0.2, 0.25) is 0 Å². The van der Waals surface area contributed by atoms with Gasteiger partial charge in [0.05, 0.1) is 24.3 Å². The first-order chi connectivity index (χ1) is 17.6. The van der Waals surface area contributed by atoms with E-state index in [-0.39, 0.29) is 11.9 Å². The highest BCUT2D eigenvalue weighted by Crippen LogP contribution is 2.34. The number of hydrogen-bond donors (Lipinski definition) is 0. The fraction of sp³-hybridized carbons (Fsp3) is 0.310. The van der Waals surface area contributed by atoms with Crippen molar-refractivity contribution in [1.82, 2.24) is 0 Å². The second-order valence-corrected chi connectivity index (χ2v) is 9.41. The molecule has 36 heavy (non-hydrogen) atoms. The standard InChI is InChI=1S/C29H31NO5S/c1-3-4-15-34-16-17-35-25-10-7-21(8-11-25)22-9-12-26-24(19-22)20-23(29(32)33-2)13-14-30(26)28(31)27-6-5-18-36-27/h5-12,18-20H,3-4,13-17H2,1-2H3. The van der Waals surface area contributed by atoms with Crippen molar-refractivity contribution < 1.29 is 23.8 Å². The van der Waals surface area contributed by atoms with Gasteiger partial charge in [-0.1, -0.05) is 37.6 Å². The van der Waals surface area contributed by atoms with Gasteiger partial charge in [-0.2, -0.15) is 0 Å². The number of hydrogen-bond acceptors (Lipinski definition) is 6. The van der Waals surface area contributed by atoms with Gasteiger partial charge < -0.3 is 19.1 Å². The van der Waals surface area contributed by atoms with Crippen molar-refractivity contribution >= 4 is 35.0 Å². The Morgan fingerprint density at radius 1 is 1.00 bits per heavy atom. The van der Waals surface area contributed by atoms with Gasteiger partial charge in [-0.15, -0.1) is 11.3 Å². The summed E-state index contributed by atoms with van der Waals surface area (Å²) in [6.07, 6.45) is 4.43. The molecule has 1 aromatic heterocycles. The Kier molecular flexibility index (Phi) is 8.92. The van der Waals surface area contributed by atoms with Crippen molar-refractivity contribution in [3.8, 4) is 16.9 Å². The van der Waals surface area contributed by atoms with Gasteiger partial charge in [0.15, 0.2) is 0 Å². The molecule has 2 heterocycles. The van der Waals surface area contributed by atoms with Crippen molar-refractivity contribution in [3.63, 3.8) is 0 Å². The van der Waals surface area contributed by atoms with Crippen LogP contribution in [0.3, 0.4) is 0 Å². The van der Waals surface area contributed by atoms with Crippen LogP contribution in [0.4, 0.5) is 5.69 Å². The van der Waals surface area contributed by atoms with E-state index in [1.54, 1.807) is 4.90 Å². The normalized spacial score (nSPS) is 12.9. The fourth-order valence-electron chi connectivity index (χ4n) is 4.05. The third-order valence-corrected chi connectivity index (χ3v) is 6.86. The predicted octanol–water partition coefficient (Wildman–Crippen LogP) is 6.22. The second-order valence-electron chi connectivity index (χ2n) is 8.46. The van der Waals surface area contributed by atoms with E-state index in [2.05, 4.69) is 6.92 Å². The molecule has 7 heteroatoms. The number of nitrogens with zero attached hydrogens (tertiary/aromatic N) is 1. The Bertz CT molecular complexity index is 1200. The van der Waals surface area contributed by atoms with E-state index >= 15 is 0 Å².